The molecule has 3 heterocycles. The molecule has 7 nitrogen and oxygen atoms in total. The molecule has 2 aromatic heterocycles. The molecular formula is C21H25N5O2. The van der Waals surface area contributed by atoms with Crippen LogP contribution in [0, 0.1) is 6.92 Å². The van der Waals surface area contributed by atoms with E-state index in [1.54, 1.807) is 18.7 Å². The van der Waals surface area contributed by atoms with Crippen LogP contribution >= 0.6 is 0 Å². The lowest BCUT2D eigenvalue weighted by Gasteiger charge is -2.32. The molecule has 0 radical (unpaired) electrons. The summed E-state index contributed by atoms with van der Waals surface area (Å²) in [5.41, 5.74) is 2.17. The molecule has 0 bridgehead atoms. The van der Waals surface area contributed by atoms with Gasteiger partial charge in [0.2, 0.25) is 0 Å². The summed E-state index contributed by atoms with van der Waals surface area (Å²) in [7, 11) is 0. The van der Waals surface area contributed by atoms with E-state index in [0.29, 0.717) is 11.1 Å². The summed E-state index contributed by atoms with van der Waals surface area (Å²) in [6, 6.07) is 7.73. The van der Waals surface area contributed by atoms with Crippen LogP contribution in [0.4, 0.5) is 5.82 Å². The third-order valence-electron chi connectivity index (χ3n) is 5.25. The number of aromatic nitrogens is 2. The van der Waals surface area contributed by atoms with Crippen molar-refractivity contribution in [1.82, 2.24) is 20.2 Å². The van der Waals surface area contributed by atoms with E-state index < -0.39 is 0 Å². The molecule has 1 aliphatic heterocycles. The van der Waals surface area contributed by atoms with Crippen molar-refractivity contribution in [2.45, 2.75) is 25.8 Å². The number of hydrogen-bond donors (Lipinski definition) is 2. The van der Waals surface area contributed by atoms with Crippen LogP contribution < -0.4 is 10.6 Å². The minimum absolute atomic E-state index is 0.0567. The van der Waals surface area contributed by atoms with Crippen molar-refractivity contribution in [3.63, 3.8) is 0 Å². The molecule has 3 aromatic rings. The first-order valence-electron chi connectivity index (χ1n) is 9.71. The summed E-state index contributed by atoms with van der Waals surface area (Å²) in [5, 5.41) is 7.46. The number of benzene rings is 1. The summed E-state index contributed by atoms with van der Waals surface area (Å²) < 4.78 is 5.48. The minimum atomic E-state index is -0.0567. The Balaban J connectivity index is 1.24. The Morgan fingerprint density at radius 1 is 1.21 bits per heavy atom. The van der Waals surface area contributed by atoms with Crippen molar-refractivity contribution < 1.29 is 9.21 Å². The first kappa shape index (κ1) is 18.4. The fraction of sp³-hybridized carbons (Fsp3) is 0.381. The minimum Gasteiger partial charge on any atom is -0.464 e. The van der Waals surface area contributed by atoms with Gasteiger partial charge in [0, 0.05) is 50.0 Å². The lowest BCUT2D eigenvalue weighted by atomic mass is 10.0. The van der Waals surface area contributed by atoms with E-state index in [2.05, 4.69) is 25.5 Å². The van der Waals surface area contributed by atoms with Gasteiger partial charge in [0.25, 0.3) is 5.91 Å². The predicted molar refractivity (Wildman–Crippen MR) is 108 cm³/mol. The van der Waals surface area contributed by atoms with E-state index in [9.17, 15) is 4.79 Å². The number of piperidine rings is 1. The van der Waals surface area contributed by atoms with Crippen molar-refractivity contribution >= 4 is 22.7 Å². The molecule has 0 aliphatic carbocycles. The number of hydrogen-bond acceptors (Lipinski definition) is 6. The average Bonchev–Trinajstić information content (AvgIpc) is 3.19. The van der Waals surface area contributed by atoms with Gasteiger partial charge in [-0.3, -0.25) is 9.78 Å². The normalized spacial score (nSPS) is 15.6. The van der Waals surface area contributed by atoms with Gasteiger partial charge in [0.1, 0.15) is 11.4 Å². The van der Waals surface area contributed by atoms with Gasteiger partial charge in [-0.1, -0.05) is 12.1 Å². The van der Waals surface area contributed by atoms with Gasteiger partial charge in [0.05, 0.1) is 17.5 Å². The molecule has 4 rings (SSSR count). The quantitative estimate of drug-likeness (QED) is 0.685. The van der Waals surface area contributed by atoms with E-state index in [1.807, 2.05) is 31.2 Å². The maximum absolute atomic E-state index is 12.7. The summed E-state index contributed by atoms with van der Waals surface area (Å²) in [6.07, 6.45) is 6.92. The molecular weight excluding hydrogens is 354 g/mol. The molecule has 146 valence electrons. The van der Waals surface area contributed by atoms with Crippen molar-refractivity contribution in [3.8, 4) is 0 Å². The molecule has 0 atom stereocenters. The lowest BCUT2D eigenvalue weighted by molar-refractivity contribution is 0.0913. The number of furan rings is 1. The van der Waals surface area contributed by atoms with Crippen LogP contribution in [0.5, 0.6) is 0 Å². The summed E-state index contributed by atoms with van der Waals surface area (Å²) in [5.74, 6) is 0.788. The Labute approximate surface area is 164 Å². The molecule has 28 heavy (non-hydrogen) atoms. The van der Waals surface area contributed by atoms with Gasteiger partial charge in [0.15, 0.2) is 0 Å². The smallest absolute Gasteiger partial charge is 0.255 e. The van der Waals surface area contributed by atoms with Crippen LogP contribution in [0.15, 0.2) is 47.3 Å². The van der Waals surface area contributed by atoms with Crippen molar-refractivity contribution in [1.29, 1.82) is 0 Å². The summed E-state index contributed by atoms with van der Waals surface area (Å²) >= 11 is 0. The standard InChI is InChI=1S/C21H25N5O2/c1-15-20(23-9-8-22-15)24-10-13-26-11-5-17(6-12-26)25-21(27)18-4-2-3-16-7-14-28-19(16)18/h2-4,7-9,14,17H,5-6,10-13H2,1H3,(H,23,24)(H,25,27). The third kappa shape index (κ3) is 4.14. The van der Waals surface area contributed by atoms with E-state index in [-0.39, 0.29) is 11.9 Å². The van der Waals surface area contributed by atoms with E-state index >= 15 is 0 Å². The monoisotopic (exact) mass is 379 g/mol. The second kappa shape index (κ2) is 8.39. The lowest BCUT2D eigenvalue weighted by Crippen LogP contribution is -2.45. The first-order valence-corrected chi connectivity index (χ1v) is 9.71. The zero-order chi connectivity index (χ0) is 19.3. The summed E-state index contributed by atoms with van der Waals surface area (Å²) in [6.45, 7) is 5.67. The van der Waals surface area contributed by atoms with Crippen molar-refractivity contribution in [2.75, 3.05) is 31.5 Å². The van der Waals surface area contributed by atoms with Gasteiger partial charge >= 0.3 is 0 Å². The fourth-order valence-corrected chi connectivity index (χ4v) is 3.65. The first-order chi connectivity index (χ1) is 13.7. The summed E-state index contributed by atoms with van der Waals surface area (Å²) in [4.78, 5) is 23.6. The molecule has 1 fully saturated rings. The Kier molecular flexibility index (Phi) is 5.53. The Hall–Kier alpha value is -2.93. The number of nitrogens with one attached hydrogen (secondary N) is 2. The highest BCUT2D eigenvalue weighted by Crippen LogP contribution is 2.20. The van der Waals surface area contributed by atoms with Gasteiger partial charge in [-0.05, 0) is 31.9 Å². The molecule has 1 saturated heterocycles. The number of likely N-dealkylation sites (tertiary alicyclic amines) is 1. The topological polar surface area (TPSA) is 83.3 Å². The number of carbonyl (C=O) groups is 1. The van der Waals surface area contributed by atoms with Crippen LogP contribution in [-0.4, -0.2) is 53.0 Å². The Morgan fingerprint density at radius 3 is 2.86 bits per heavy atom. The second-order valence-electron chi connectivity index (χ2n) is 7.15. The van der Waals surface area contributed by atoms with Crippen LogP contribution in [0.2, 0.25) is 0 Å². The number of aryl methyl sites for hydroxylation is 1. The Morgan fingerprint density at radius 2 is 2.04 bits per heavy atom. The third-order valence-corrected chi connectivity index (χ3v) is 5.25. The number of amides is 1. The molecule has 1 aliphatic rings. The highest BCUT2D eigenvalue weighted by Gasteiger charge is 2.22. The second-order valence-corrected chi connectivity index (χ2v) is 7.15. The van der Waals surface area contributed by atoms with E-state index in [4.69, 9.17) is 4.42 Å². The van der Waals surface area contributed by atoms with Crippen molar-refractivity contribution in [3.05, 3.63) is 54.2 Å². The highest BCUT2D eigenvalue weighted by atomic mass is 16.3. The SMILES string of the molecule is Cc1nccnc1NCCN1CCC(NC(=O)c2cccc3ccoc23)CC1. The molecule has 2 N–H and O–H groups in total. The van der Waals surface area contributed by atoms with Crippen LogP contribution in [-0.2, 0) is 0 Å². The van der Waals surface area contributed by atoms with Gasteiger partial charge < -0.3 is 20.0 Å². The van der Waals surface area contributed by atoms with Gasteiger partial charge in [-0.15, -0.1) is 0 Å². The number of carbonyl (C=O) groups excluding carboxylic acids is 1. The molecule has 0 spiro atoms. The molecule has 1 amide bonds. The number of anilines is 1. The molecule has 0 unspecified atom stereocenters. The van der Waals surface area contributed by atoms with Crippen LogP contribution in [0.25, 0.3) is 11.0 Å². The maximum atomic E-state index is 12.7. The Bertz CT molecular complexity index is 947. The number of nitrogens with zero attached hydrogens (tertiary/aromatic N) is 3. The number of rotatable bonds is 6. The van der Waals surface area contributed by atoms with E-state index in [0.717, 1.165) is 55.9 Å². The average molecular weight is 379 g/mol. The fourth-order valence-electron chi connectivity index (χ4n) is 3.65. The highest BCUT2D eigenvalue weighted by molar-refractivity contribution is 6.04. The molecule has 1 aromatic carbocycles. The maximum Gasteiger partial charge on any atom is 0.255 e. The van der Waals surface area contributed by atoms with Crippen LogP contribution in [0.3, 0.4) is 0 Å². The molecule has 7 heteroatoms. The van der Waals surface area contributed by atoms with Gasteiger partial charge in [-0.25, -0.2) is 4.98 Å². The zero-order valence-electron chi connectivity index (χ0n) is 16.0. The van der Waals surface area contributed by atoms with Crippen molar-refractivity contribution in [2.24, 2.45) is 0 Å². The largest absolute Gasteiger partial charge is 0.464 e. The van der Waals surface area contributed by atoms with E-state index in [1.165, 1.54) is 0 Å². The number of fused-ring (bicyclic) bond motifs is 1. The predicted octanol–water partition coefficient (Wildman–Crippen LogP) is 2.84. The molecule has 0 saturated carbocycles. The number of para-hydroxylation sites is 1. The van der Waals surface area contributed by atoms with Crippen LogP contribution in [0.1, 0.15) is 28.9 Å². The van der Waals surface area contributed by atoms with Gasteiger partial charge in [-0.2, -0.15) is 0 Å². The zero-order valence-corrected chi connectivity index (χ0v) is 16.0.